The van der Waals surface area contributed by atoms with E-state index in [1.54, 1.807) is 0 Å². The van der Waals surface area contributed by atoms with Gasteiger partial charge in [0.1, 0.15) is 5.82 Å². The number of para-hydroxylation sites is 1. The monoisotopic (exact) mass is 258 g/mol. The SMILES string of the molecule is Cc1cc2ccccc2nc1NCCCC(C)CO. The molecule has 2 N–H and O–H groups in total. The van der Waals surface area contributed by atoms with Crippen LogP contribution in [-0.2, 0) is 0 Å². The van der Waals surface area contributed by atoms with Crippen LogP contribution in [0.2, 0.25) is 0 Å². The number of nitrogens with zero attached hydrogens (tertiary/aromatic N) is 1. The van der Waals surface area contributed by atoms with Crippen molar-refractivity contribution >= 4 is 16.7 Å². The van der Waals surface area contributed by atoms with Gasteiger partial charge in [-0.2, -0.15) is 0 Å². The van der Waals surface area contributed by atoms with Crippen LogP contribution in [0.1, 0.15) is 25.3 Å². The van der Waals surface area contributed by atoms with Crippen molar-refractivity contribution in [1.82, 2.24) is 4.98 Å². The molecule has 3 nitrogen and oxygen atoms in total. The molecule has 1 heterocycles. The number of nitrogens with one attached hydrogen (secondary N) is 1. The van der Waals surface area contributed by atoms with Crippen molar-refractivity contribution in [3.8, 4) is 0 Å². The van der Waals surface area contributed by atoms with Crippen molar-refractivity contribution in [2.75, 3.05) is 18.5 Å². The lowest BCUT2D eigenvalue weighted by Gasteiger charge is -2.11. The topological polar surface area (TPSA) is 45.2 Å². The second-order valence-electron chi connectivity index (χ2n) is 5.20. The van der Waals surface area contributed by atoms with E-state index in [0.717, 1.165) is 30.7 Å². The molecule has 3 heteroatoms. The Bertz CT molecular complexity index is 539. The van der Waals surface area contributed by atoms with Gasteiger partial charge in [0.25, 0.3) is 0 Å². The molecular formula is C16H22N2O. The third-order valence-corrected chi connectivity index (χ3v) is 3.39. The molecule has 0 fully saturated rings. The van der Waals surface area contributed by atoms with Crippen molar-refractivity contribution in [2.45, 2.75) is 26.7 Å². The average molecular weight is 258 g/mol. The lowest BCUT2D eigenvalue weighted by Crippen LogP contribution is -2.08. The first-order valence-electron chi connectivity index (χ1n) is 6.92. The second kappa shape index (κ2) is 6.53. The Morgan fingerprint density at radius 3 is 2.89 bits per heavy atom. The zero-order valence-corrected chi connectivity index (χ0v) is 11.7. The maximum Gasteiger partial charge on any atom is 0.129 e. The number of hydrogen-bond donors (Lipinski definition) is 2. The van der Waals surface area contributed by atoms with E-state index in [1.165, 1.54) is 10.9 Å². The molecule has 1 aromatic carbocycles. The number of rotatable bonds is 6. The number of aliphatic hydroxyl groups is 1. The highest BCUT2D eigenvalue weighted by molar-refractivity contribution is 5.81. The molecule has 2 rings (SSSR count). The van der Waals surface area contributed by atoms with Crippen LogP contribution in [0, 0.1) is 12.8 Å². The molecule has 102 valence electrons. The molecule has 0 spiro atoms. The molecule has 0 radical (unpaired) electrons. The van der Waals surface area contributed by atoms with Gasteiger partial charge in [-0.05, 0) is 43.4 Å². The van der Waals surface area contributed by atoms with E-state index in [1.807, 2.05) is 18.2 Å². The minimum atomic E-state index is 0.271. The van der Waals surface area contributed by atoms with Gasteiger partial charge in [0.15, 0.2) is 0 Å². The van der Waals surface area contributed by atoms with Crippen LogP contribution in [-0.4, -0.2) is 23.2 Å². The smallest absolute Gasteiger partial charge is 0.129 e. The highest BCUT2D eigenvalue weighted by Gasteiger charge is 2.03. The molecule has 1 unspecified atom stereocenters. The number of pyridine rings is 1. The molecule has 0 bridgehead atoms. The number of benzene rings is 1. The Morgan fingerprint density at radius 2 is 2.11 bits per heavy atom. The second-order valence-corrected chi connectivity index (χ2v) is 5.20. The standard InChI is InChI=1S/C16H22N2O/c1-12(11-19)6-5-9-17-16-13(2)10-14-7-3-4-8-15(14)18-16/h3-4,7-8,10,12,19H,5-6,9,11H2,1-2H3,(H,17,18). The molecule has 0 saturated carbocycles. The van der Waals surface area contributed by atoms with Crippen molar-refractivity contribution in [3.05, 3.63) is 35.9 Å². The fourth-order valence-corrected chi connectivity index (χ4v) is 2.15. The van der Waals surface area contributed by atoms with Crippen molar-refractivity contribution < 1.29 is 5.11 Å². The molecule has 0 saturated heterocycles. The van der Waals surface area contributed by atoms with Gasteiger partial charge in [-0.3, -0.25) is 0 Å². The molecular weight excluding hydrogens is 236 g/mol. The van der Waals surface area contributed by atoms with Crippen LogP contribution < -0.4 is 5.32 Å². The third-order valence-electron chi connectivity index (χ3n) is 3.39. The van der Waals surface area contributed by atoms with Crippen molar-refractivity contribution in [2.24, 2.45) is 5.92 Å². The highest BCUT2D eigenvalue weighted by Crippen LogP contribution is 2.19. The number of aromatic nitrogens is 1. The summed E-state index contributed by atoms with van der Waals surface area (Å²) >= 11 is 0. The number of anilines is 1. The summed E-state index contributed by atoms with van der Waals surface area (Å²) in [5, 5.41) is 13.6. The van der Waals surface area contributed by atoms with Crippen LogP contribution in [0.25, 0.3) is 10.9 Å². The molecule has 0 aliphatic rings. The molecule has 0 aliphatic heterocycles. The zero-order chi connectivity index (χ0) is 13.7. The van der Waals surface area contributed by atoms with E-state index in [2.05, 4.69) is 36.3 Å². The molecule has 19 heavy (non-hydrogen) atoms. The van der Waals surface area contributed by atoms with E-state index in [-0.39, 0.29) is 6.61 Å². The summed E-state index contributed by atoms with van der Waals surface area (Å²) in [5.74, 6) is 1.35. The Morgan fingerprint density at radius 1 is 1.32 bits per heavy atom. The highest BCUT2D eigenvalue weighted by atomic mass is 16.3. The van der Waals surface area contributed by atoms with Gasteiger partial charge in [0, 0.05) is 18.5 Å². The minimum Gasteiger partial charge on any atom is -0.396 e. The first-order valence-corrected chi connectivity index (χ1v) is 6.92. The van der Waals surface area contributed by atoms with Crippen LogP contribution in [0.3, 0.4) is 0 Å². The summed E-state index contributed by atoms with van der Waals surface area (Å²) in [4.78, 5) is 4.65. The first-order chi connectivity index (χ1) is 9.20. The Hall–Kier alpha value is -1.61. The van der Waals surface area contributed by atoms with E-state index in [4.69, 9.17) is 5.11 Å². The average Bonchev–Trinajstić information content (AvgIpc) is 2.43. The molecule has 0 aliphatic carbocycles. The summed E-state index contributed by atoms with van der Waals surface area (Å²) in [6, 6.07) is 10.3. The summed E-state index contributed by atoms with van der Waals surface area (Å²) in [6.45, 7) is 5.32. The number of aryl methyl sites for hydroxylation is 1. The van der Waals surface area contributed by atoms with Crippen molar-refractivity contribution in [1.29, 1.82) is 0 Å². The van der Waals surface area contributed by atoms with E-state index >= 15 is 0 Å². The Kier molecular flexibility index (Phi) is 4.74. The van der Waals surface area contributed by atoms with E-state index < -0.39 is 0 Å². The van der Waals surface area contributed by atoms with Crippen LogP contribution in [0.5, 0.6) is 0 Å². The predicted molar refractivity (Wildman–Crippen MR) is 80.5 cm³/mol. The predicted octanol–water partition coefficient (Wildman–Crippen LogP) is 3.36. The van der Waals surface area contributed by atoms with Gasteiger partial charge in [-0.1, -0.05) is 25.1 Å². The number of aliphatic hydroxyl groups excluding tert-OH is 1. The fraction of sp³-hybridized carbons (Fsp3) is 0.438. The van der Waals surface area contributed by atoms with Gasteiger partial charge in [-0.15, -0.1) is 0 Å². The summed E-state index contributed by atoms with van der Waals surface area (Å²) in [7, 11) is 0. The maximum absolute atomic E-state index is 8.98. The van der Waals surface area contributed by atoms with Gasteiger partial charge in [-0.25, -0.2) is 4.98 Å². The van der Waals surface area contributed by atoms with Gasteiger partial charge in [0.2, 0.25) is 0 Å². The molecule has 0 amide bonds. The minimum absolute atomic E-state index is 0.271. The fourth-order valence-electron chi connectivity index (χ4n) is 2.15. The van der Waals surface area contributed by atoms with Crippen molar-refractivity contribution in [3.63, 3.8) is 0 Å². The lowest BCUT2D eigenvalue weighted by molar-refractivity contribution is 0.229. The van der Waals surface area contributed by atoms with Crippen LogP contribution in [0.15, 0.2) is 30.3 Å². The molecule has 1 aromatic heterocycles. The van der Waals surface area contributed by atoms with Gasteiger partial charge in [0.05, 0.1) is 5.52 Å². The lowest BCUT2D eigenvalue weighted by atomic mass is 10.1. The summed E-state index contributed by atoms with van der Waals surface area (Å²) in [5.41, 5.74) is 2.20. The Balaban J connectivity index is 1.98. The normalized spacial score (nSPS) is 12.6. The third kappa shape index (κ3) is 3.67. The number of fused-ring (bicyclic) bond motifs is 1. The van der Waals surface area contributed by atoms with Crippen LogP contribution >= 0.6 is 0 Å². The van der Waals surface area contributed by atoms with Gasteiger partial charge >= 0.3 is 0 Å². The van der Waals surface area contributed by atoms with E-state index in [0.29, 0.717) is 5.92 Å². The van der Waals surface area contributed by atoms with E-state index in [9.17, 15) is 0 Å². The summed E-state index contributed by atoms with van der Waals surface area (Å²) in [6.07, 6.45) is 2.09. The quantitative estimate of drug-likeness (QED) is 0.781. The summed E-state index contributed by atoms with van der Waals surface area (Å²) < 4.78 is 0. The van der Waals surface area contributed by atoms with Crippen LogP contribution in [0.4, 0.5) is 5.82 Å². The Labute approximate surface area is 114 Å². The largest absolute Gasteiger partial charge is 0.396 e. The van der Waals surface area contributed by atoms with Gasteiger partial charge < -0.3 is 10.4 Å². The molecule has 2 aromatic rings. The maximum atomic E-state index is 8.98. The number of hydrogen-bond acceptors (Lipinski definition) is 3. The molecule has 1 atom stereocenters. The zero-order valence-electron chi connectivity index (χ0n) is 11.7. The first kappa shape index (κ1) is 13.8.